The molecule has 0 bridgehead atoms. The lowest BCUT2D eigenvalue weighted by Gasteiger charge is -2.12. The number of carbonyl (C=O) groups excluding carboxylic acids is 2. The number of anilines is 1. The van der Waals surface area contributed by atoms with Crippen LogP contribution in [0.25, 0.3) is 0 Å². The number of primary amides is 1. The molecule has 1 aromatic rings. The Kier molecular flexibility index (Phi) is 3.94. The lowest BCUT2D eigenvalue weighted by atomic mass is 10.1. The summed E-state index contributed by atoms with van der Waals surface area (Å²) in [5, 5.41) is 6.00. The van der Waals surface area contributed by atoms with Gasteiger partial charge in [-0.3, -0.25) is 9.59 Å². The Balaban J connectivity index is 2.00. The normalized spacial score (nSPS) is 18.6. The standard InChI is InChI=1S/C13H17N3O2/c14-13(18)10-5-1-2-6-11(10)16-12(17)8-9-4-3-7-15-9/h1-2,5-6,9,15H,3-4,7-8H2,(H2,14,18)(H,16,17). The molecule has 5 nitrogen and oxygen atoms in total. The fourth-order valence-corrected chi connectivity index (χ4v) is 2.16. The number of nitrogens with one attached hydrogen (secondary N) is 2. The van der Waals surface area contributed by atoms with Crippen LogP contribution in [0.3, 0.4) is 0 Å². The summed E-state index contributed by atoms with van der Waals surface area (Å²) in [7, 11) is 0. The van der Waals surface area contributed by atoms with E-state index in [1.807, 2.05) is 0 Å². The predicted octanol–water partition coefficient (Wildman–Crippen LogP) is 0.866. The molecule has 0 saturated carbocycles. The average Bonchev–Trinajstić information content (AvgIpc) is 2.82. The quantitative estimate of drug-likeness (QED) is 0.738. The third-order valence-corrected chi connectivity index (χ3v) is 3.06. The molecule has 1 unspecified atom stereocenters. The molecule has 0 aromatic heterocycles. The van der Waals surface area contributed by atoms with Crippen molar-refractivity contribution < 1.29 is 9.59 Å². The summed E-state index contributed by atoms with van der Waals surface area (Å²) in [5.41, 5.74) is 6.07. The number of hydrogen-bond acceptors (Lipinski definition) is 3. The molecule has 1 aliphatic heterocycles. The summed E-state index contributed by atoms with van der Waals surface area (Å²) in [6, 6.07) is 7.00. The van der Waals surface area contributed by atoms with E-state index in [4.69, 9.17) is 5.73 Å². The van der Waals surface area contributed by atoms with Crippen molar-refractivity contribution >= 4 is 17.5 Å². The van der Waals surface area contributed by atoms with Gasteiger partial charge in [-0.25, -0.2) is 0 Å². The highest BCUT2D eigenvalue weighted by atomic mass is 16.2. The van der Waals surface area contributed by atoms with E-state index in [9.17, 15) is 9.59 Å². The van der Waals surface area contributed by atoms with Crippen LogP contribution < -0.4 is 16.4 Å². The fraction of sp³-hybridized carbons (Fsp3) is 0.385. The minimum Gasteiger partial charge on any atom is -0.366 e. The van der Waals surface area contributed by atoms with Gasteiger partial charge in [0.05, 0.1) is 11.3 Å². The summed E-state index contributed by atoms with van der Waals surface area (Å²) < 4.78 is 0. The van der Waals surface area contributed by atoms with Crippen molar-refractivity contribution in [2.75, 3.05) is 11.9 Å². The van der Waals surface area contributed by atoms with Crippen molar-refractivity contribution in [1.82, 2.24) is 5.32 Å². The van der Waals surface area contributed by atoms with E-state index in [1.165, 1.54) is 0 Å². The van der Waals surface area contributed by atoms with E-state index in [1.54, 1.807) is 24.3 Å². The minimum absolute atomic E-state index is 0.0944. The molecule has 1 aromatic carbocycles. The molecule has 1 aliphatic rings. The molecule has 1 heterocycles. The van der Waals surface area contributed by atoms with Gasteiger partial charge in [0, 0.05) is 12.5 Å². The van der Waals surface area contributed by atoms with Crippen LogP contribution in [0.15, 0.2) is 24.3 Å². The van der Waals surface area contributed by atoms with E-state index in [0.717, 1.165) is 19.4 Å². The van der Waals surface area contributed by atoms with Crippen LogP contribution in [-0.4, -0.2) is 24.4 Å². The molecular weight excluding hydrogens is 230 g/mol. The van der Waals surface area contributed by atoms with E-state index in [0.29, 0.717) is 17.7 Å². The molecule has 5 heteroatoms. The maximum Gasteiger partial charge on any atom is 0.250 e. The molecule has 2 rings (SSSR count). The number of nitrogens with two attached hydrogens (primary N) is 1. The second-order valence-corrected chi connectivity index (χ2v) is 4.46. The first-order chi connectivity index (χ1) is 8.66. The Hall–Kier alpha value is -1.88. The van der Waals surface area contributed by atoms with Crippen LogP contribution >= 0.6 is 0 Å². The number of carbonyl (C=O) groups is 2. The van der Waals surface area contributed by atoms with Gasteiger partial charge in [-0.15, -0.1) is 0 Å². The zero-order valence-electron chi connectivity index (χ0n) is 10.1. The monoisotopic (exact) mass is 247 g/mol. The van der Waals surface area contributed by atoms with E-state index in [-0.39, 0.29) is 11.9 Å². The molecule has 96 valence electrons. The number of rotatable bonds is 4. The van der Waals surface area contributed by atoms with Gasteiger partial charge in [0.2, 0.25) is 5.91 Å². The van der Waals surface area contributed by atoms with E-state index >= 15 is 0 Å². The summed E-state index contributed by atoms with van der Waals surface area (Å²) in [6.45, 7) is 0.968. The van der Waals surface area contributed by atoms with Crippen LogP contribution in [-0.2, 0) is 4.79 Å². The van der Waals surface area contributed by atoms with E-state index in [2.05, 4.69) is 10.6 Å². The highest BCUT2D eigenvalue weighted by Crippen LogP contribution is 2.16. The topological polar surface area (TPSA) is 84.2 Å². The van der Waals surface area contributed by atoms with Gasteiger partial charge in [0.1, 0.15) is 0 Å². The molecule has 0 radical (unpaired) electrons. The zero-order valence-corrected chi connectivity index (χ0v) is 10.1. The van der Waals surface area contributed by atoms with Crippen LogP contribution in [0.2, 0.25) is 0 Å². The number of hydrogen-bond donors (Lipinski definition) is 3. The summed E-state index contributed by atoms with van der Waals surface area (Å²) in [5.74, 6) is -0.631. The summed E-state index contributed by atoms with van der Waals surface area (Å²) >= 11 is 0. The van der Waals surface area contributed by atoms with Crippen molar-refractivity contribution in [3.8, 4) is 0 Å². The van der Waals surface area contributed by atoms with Crippen LogP contribution in [0.1, 0.15) is 29.6 Å². The largest absolute Gasteiger partial charge is 0.366 e. The Bertz CT molecular complexity index is 453. The molecule has 4 N–H and O–H groups in total. The van der Waals surface area contributed by atoms with Gasteiger partial charge in [0.25, 0.3) is 5.91 Å². The third-order valence-electron chi connectivity index (χ3n) is 3.06. The SMILES string of the molecule is NC(=O)c1ccccc1NC(=O)CC1CCCN1. The highest BCUT2D eigenvalue weighted by molar-refractivity contribution is 6.03. The molecule has 1 atom stereocenters. The Morgan fingerprint density at radius 1 is 1.39 bits per heavy atom. The Morgan fingerprint density at radius 3 is 2.83 bits per heavy atom. The lowest BCUT2D eigenvalue weighted by Crippen LogP contribution is -2.28. The molecule has 1 saturated heterocycles. The average molecular weight is 247 g/mol. The van der Waals surface area contributed by atoms with Crippen molar-refractivity contribution in [3.63, 3.8) is 0 Å². The molecular formula is C13H17N3O2. The number of benzene rings is 1. The molecule has 0 spiro atoms. The maximum atomic E-state index is 11.8. The maximum absolute atomic E-state index is 11.8. The van der Waals surface area contributed by atoms with Crippen molar-refractivity contribution in [2.24, 2.45) is 5.73 Å². The van der Waals surface area contributed by atoms with Crippen molar-refractivity contribution in [3.05, 3.63) is 29.8 Å². The van der Waals surface area contributed by atoms with Gasteiger partial charge in [-0.05, 0) is 31.5 Å². The van der Waals surface area contributed by atoms with Gasteiger partial charge in [-0.2, -0.15) is 0 Å². The molecule has 18 heavy (non-hydrogen) atoms. The summed E-state index contributed by atoms with van der Waals surface area (Å²) in [4.78, 5) is 23.0. The predicted molar refractivity (Wildman–Crippen MR) is 69.2 cm³/mol. The Labute approximate surface area is 106 Å². The van der Waals surface area contributed by atoms with Gasteiger partial charge in [-0.1, -0.05) is 12.1 Å². The first kappa shape index (κ1) is 12.6. The van der Waals surface area contributed by atoms with Gasteiger partial charge < -0.3 is 16.4 Å². The highest BCUT2D eigenvalue weighted by Gasteiger charge is 2.18. The first-order valence-electron chi connectivity index (χ1n) is 6.09. The van der Waals surface area contributed by atoms with Gasteiger partial charge in [0.15, 0.2) is 0 Å². The lowest BCUT2D eigenvalue weighted by molar-refractivity contribution is -0.116. The number of para-hydroxylation sites is 1. The second kappa shape index (κ2) is 5.64. The van der Waals surface area contributed by atoms with E-state index < -0.39 is 5.91 Å². The smallest absolute Gasteiger partial charge is 0.250 e. The Morgan fingerprint density at radius 2 is 2.17 bits per heavy atom. The van der Waals surface area contributed by atoms with Crippen molar-refractivity contribution in [1.29, 1.82) is 0 Å². The van der Waals surface area contributed by atoms with Gasteiger partial charge >= 0.3 is 0 Å². The molecule has 2 amide bonds. The fourth-order valence-electron chi connectivity index (χ4n) is 2.16. The van der Waals surface area contributed by atoms with Crippen LogP contribution in [0.4, 0.5) is 5.69 Å². The third kappa shape index (κ3) is 3.07. The number of amides is 2. The molecule has 0 aliphatic carbocycles. The summed E-state index contributed by atoms with van der Waals surface area (Å²) in [6.07, 6.45) is 2.55. The first-order valence-corrected chi connectivity index (χ1v) is 6.09. The zero-order chi connectivity index (χ0) is 13.0. The van der Waals surface area contributed by atoms with Crippen LogP contribution in [0.5, 0.6) is 0 Å². The second-order valence-electron chi connectivity index (χ2n) is 4.46. The molecule has 1 fully saturated rings. The van der Waals surface area contributed by atoms with Crippen molar-refractivity contribution in [2.45, 2.75) is 25.3 Å². The van der Waals surface area contributed by atoms with Crippen LogP contribution in [0, 0.1) is 0 Å². The minimum atomic E-state index is -0.537.